The topological polar surface area (TPSA) is 57.2 Å². The predicted molar refractivity (Wildman–Crippen MR) is 114 cm³/mol. The highest BCUT2D eigenvalue weighted by Gasteiger charge is 2.67. The molecule has 7 aliphatic rings. The molecule has 1 heterocycles. The molecule has 0 aromatic carbocycles. The lowest BCUT2D eigenvalue weighted by atomic mass is 9.53. The fourth-order valence-electron chi connectivity index (χ4n) is 8.38. The molecule has 2 spiro atoms. The summed E-state index contributed by atoms with van der Waals surface area (Å²) in [6.45, 7) is 0.184. The summed E-state index contributed by atoms with van der Waals surface area (Å²) in [6.07, 6.45) is 15.9. The van der Waals surface area contributed by atoms with Gasteiger partial charge in [-0.1, -0.05) is 19.3 Å². The minimum absolute atomic E-state index is 0.150. The Bertz CT molecular complexity index is 653. The van der Waals surface area contributed by atoms with Gasteiger partial charge in [-0.25, -0.2) is 0 Å². The zero-order valence-electron chi connectivity index (χ0n) is 19.1. The lowest BCUT2D eigenvalue weighted by Crippen LogP contribution is -2.59. The number of ether oxygens (including phenoxy) is 2. The van der Waals surface area contributed by atoms with E-state index < -0.39 is 11.6 Å². The van der Waals surface area contributed by atoms with Gasteiger partial charge in [0.05, 0.1) is 0 Å². The van der Waals surface area contributed by atoms with Crippen LogP contribution in [0.15, 0.2) is 0 Å². The first-order chi connectivity index (χ1) is 15.1. The van der Waals surface area contributed by atoms with Gasteiger partial charge < -0.3 is 14.4 Å². The number of hydrogen-bond donors (Lipinski definition) is 0. The first-order valence-electron chi connectivity index (χ1n) is 13.0. The van der Waals surface area contributed by atoms with Gasteiger partial charge in [-0.15, -0.1) is 0 Å². The van der Waals surface area contributed by atoms with Crippen LogP contribution in [0.2, 0.25) is 0 Å². The fourth-order valence-corrected chi connectivity index (χ4v) is 8.38. The lowest BCUT2D eigenvalue weighted by Gasteiger charge is -2.57. The van der Waals surface area contributed by atoms with Crippen molar-refractivity contribution in [3.05, 3.63) is 0 Å². The molecule has 6 saturated carbocycles. The summed E-state index contributed by atoms with van der Waals surface area (Å²) >= 11 is 0. The summed E-state index contributed by atoms with van der Waals surface area (Å²) in [5, 5.41) is 0. The minimum Gasteiger partial charge on any atom is -0.375 e. The third kappa shape index (κ3) is 3.48. The molecule has 0 aromatic rings. The monoisotopic (exact) mass is 433 g/mol. The van der Waals surface area contributed by atoms with Gasteiger partial charge in [-0.3, -0.25) is 4.79 Å². The fraction of sp³-hybridized carbons (Fsp3) is 0.960. The second kappa shape index (κ2) is 7.96. The van der Waals surface area contributed by atoms with Crippen molar-refractivity contribution in [1.82, 2.24) is 4.90 Å². The van der Waals surface area contributed by atoms with Gasteiger partial charge in [0.25, 0.3) is 0 Å². The van der Waals surface area contributed by atoms with E-state index in [2.05, 4.69) is 4.90 Å². The summed E-state index contributed by atoms with van der Waals surface area (Å²) in [5.41, 5.74) is 0. The number of carbonyl (C=O) groups is 1. The number of rotatable bonds is 4. The molecule has 0 unspecified atom stereocenters. The molecule has 31 heavy (non-hydrogen) atoms. The zero-order valence-corrected chi connectivity index (χ0v) is 19.1. The van der Waals surface area contributed by atoms with Crippen molar-refractivity contribution >= 4 is 5.91 Å². The molecule has 6 aliphatic carbocycles. The Morgan fingerprint density at radius 1 is 0.871 bits per heavy atom. The summed E-state index contributed by atoms with van der Waals surface area (Å²) < 4.78 is 12.1. The van der Waals surface area contributed by atoms with E-state index in [1.54, 1.807) is 7.11 Å². The van der Waals surface area contributed by atoms with Crippen LogP contribution in [0.1, 0.15) is 89.9 Å². The van der Waals surface area contributed by atoms with E-state index in [0.29, 0.717) is 17.9 Å². The first-order valence-corrected chi connectivity index (χ1v) is 13.0. The molecule has 0 aromatic heterocycles. The van der Waals surface area contributed by atoms with E-state index in [0.717, 1.165) is 50.4 Å². The Kier molecular flexibility index (Phi) is 5.37. The molecule has 4 bridgehead atoms. The van der Waals surface area contributed by atoms with Gasteiger partial charge in [0.2, 0.25) is 17.5 Å². The summed E-state index contributed by atoms with van der Waals surface area (Å²) in [5.74, 6) is 1.82. The normalized spacial score (nSPS) is 46.8. The standard InChI is InChI=1S/C25H39NO5/c1-28-16-23(27)26(21-5-3-2-4-6-21)22-7-9-24(10-8-22)29-25(31-30-24)19-12-17-11-18(14-19)15-20(25)13-17/h17-22H,2-16H2,1H3. The average Bonchev–Trinajstić information content (AvgIpc) is 3.14. The van der Waals surface area contributed by atoms with Crippen molar-refractivity contribution in [2.75, 3.05) is 13.7 Å². The smallest absolute Gasteiger partial charge is 0.249 e. The molecular formula is C25H39NO5. The van der Waals surface area contributed by atoms with Crippen LogP contribution in [0.5, 0.6) is 0 Å². The molecule has 7 rings (SSSR count). The molecule has 7 fully saturated rings. The number of nitrogens with zero attached hydrogens (tertiary/aromatic N) is 1. The van der Waals surface area contributed by atoms with Crippen LogP contribution in [0.3, 0.4) is 0 Å². The van der Waals surface area contributed by atoms with Gasteiger partial charge in [-0.2, -0.15) is 9.78 Å². The third-order valence-corrected chi connectivity index (χ3v) is 9.58. The third-order valence-electron chi connectivity index (χ3n) is 9.58. The summed E-state index contributed by atoms with van der Waals surface area (Å²) in [7, 11) is 1.62. The first kappa shape index (κ1) is 20.9. The highest BCUT2D eigenvalue weighted by molar-refractivity contribution is 5.78. The lowest BCUT2D eigenvalue weighted by molar-refractivity contribution is -0.390. The van der Waals surface area contributed by atoms with Crippen molar-refractivity contribution in [1.29, 1.82) is 0 Å². The Morgan fingerprint density at radius 3 is 2.10 bits per heavy atom. The van der Waals surface area contributed by atoms with Crippen molar-refractivity contribution in [3.63, 3.8) is 0 Å². The molecular weight excluding hydrogens is 394 g/mol. The van der Waals surface area contributed by atoms with E-state index in [-0.39, 0.29) is 18.6 Å². The van der Waals surface area contributed by atoms with E-state index in [9.17, 15) is 4.79 Å². The SMILES string of the molecule is COCC(=O)N(C1CCCCC1)C1CCC2(CC1)OOC1(O2)C2CC3CC(C2)CC1C3. The molecule has 6 nitrogen and oxygen atoms in total. The molecule has 0 radical (unpaired) electrons. The number of hydrogen-bond acceptors (Lipinski definition) is 5. The van der Waals surface area contributed by atoms with Crippen LogP contribution in [-0.4, -0.2) is 48.2 Å². The quantitative estimate of drug-likeness (QED) is 0.608. The van der Waals surface area contributed by atoms with Crippen LogP contribution in [0, 0.1) is 23.7 Å². The number of methoxy groups -OCH3 is 1. The molecule has 174 valence electrons. The summed E-state index contributed by atoms with van der Waals surface area (Å²) in [6, 6.07) is 0.631. The van der Waals surface area contributed by atoms with Gasteiger partial charge >= 0.3 is 0 Å². The van der Waals surface area contributed by atoms with Crippen molar-refractivity contribution < 1.29 is 24.0 Å². The van der Waals surface area contributed by atoms with Crippen molar-refractivity contribution in [2.45, 2.75) is 114 Å². The summed E-state index contributed by atoms with van der Waals surface area (Å²) in [4.78, 5) is 27.4. The highest BCUT2D eigenvalue weighted by atomic mass is 17.3. The Balaban J connectivity index is 1.14. The van der Waals surface area contributed by atoms with E-state index >= 15 is 0 Å². The van der Waals surface area contributed by atoms with Crippen LogP contribution in [0.25, 0.3) is 0 Å². The minimum atomic E-state index is -0.603. The molecule has 0 N–H and O–H groups in total. The highest BCUT2D eigenvalue weighted by Crippen LogP contribution is 2.63. The maximum Gasteiger partial charge on any atom is 0.249 e. The molecule has 6 heteroatoms. The second-order valence-electron chi connectivity index (χ2n) is 11.5. The average molecular weight is 434 g/mol. The molecule has 0 atom stereocenters. The zero-order chi connectivity index (χ0) is 21.1. The number of amides is 1. The van der Waals surface area contributed by atoms with Crippen LogP contribution in [-0.2, 0) is 24.0 Å². The van der Waals surface area contributed by atoms with Gasteiger partial charge in [0.15, 0.2) is 0 Å². The van der Waals surface area contributed by atoms with E-state index in [4.69, 9.17) is 19.2 Å². The van der Waals surface area contributed by atoms with E-state index in [1.807, 2.05) is 0 Å². The van der Waals surface area contributed by atoms with Crippen molar-refractivity contribution in [2.24, 2.45) is 23.7 Å². The largest absolute Gasteiger partial charge is 0.375 e. The Hall–Kier alpha value is -0.690. The maximum absolute atomic E-state index is 13.0. The maximum atomic E-state index is 13.0. The van der Waals surface area contributed by atoms with Gasteiger partial charge in [-0.05, 0) is 69.6 Å². The van der Waals surface area contributed by atoms with Gasteiger partial charge in [0, 0.05) is 43.9 Å². The Labute approximate surface area is 186 Å². The predicted octanol–water partition coefficient (Wildman–Crippen LogP) is 4.56. The van der Waals surface area contributed by atoms with Gasteiger partial charge in [0.1, 0.15) is 6.61 Å². The molecule has 1 aliphatic heterocycles. The second-order valence-corrected chi connectivity index (χ2v) is 11.5. The molecule has 1 amide bonds. The van der Waals surface area contributed by atoms with Crippen molar-refractivity contribution in [3.8, 4) is 0 Å². The Morgan fingerprint density at radius 2 is 1.48 bits per heavy atom. The molecule has 1 saturated heterocycles. The van der Waals surface area contributed by atoms with Crippen LogP contribution < -0.4 is 0 Å². The van der Waals surface area contributed by atoms with E-state index in [1.165, 1.54) is 51.4 Å². The van der Waals surface area contributed by atoms with Crippen LogP contribution in [0.4, 0.5) is 0 Å². The van der Waals surface area contributed by atoms with Crippen LogP contribution >= 0.6 is 0 Å². The number of carbonyl (C=O) groups excluding carboxylic acids is 1.